The van der Waals surface area contributed by atoms with E-state index < -0.39 is 5.97 Å². The van der Waals surface area contributed by atoms with Crippen LogP contribution in [0, 0.1) is 52.3 Å². The fraction of sp³-hybridized carbons (Fsp3) is 0.839. The maximum absolute atomic E-state index is 11.7. The summed E-state index contributed by atoms with van der Waals surface area (Å²) in [5.41, 5.74) is 2.28. The molecule has 34 heavy (non-hydrogen) atoms. The molecule has 0 aromatic heterocycles. The van der Waals surface area contributed by atoms with Gasteiger partial charge < -0.3 is 10.2 Å². The molecule has 4 rings (SSSR count). The van der Waals surface area contributed by atoms with Gasteiger partial charge in [0, 0.05) is 5.57 Å². The molecule has 0 radical (unpaired) electrons. The molecular formula is C31H50O3. The van der Waals surface area contributed by atoms with E-state index in [0.29, 0.717) is 29.2 Å². The Balaban J connectivity index is 1.58. The van der Waals surface area contributed by atoms with Crippen LogP contribution in [0.15, 0.2) is 23.3 Å². The number of aliphatic hydroxyl groups excluding tert-OH is 1. The lowest BCUT2D eigenvalue weighted by atomic mass is 9.44. The number of carboxylic acid groups (broad SMARTS) is 1. The van der Waals surface area contributed by atoms with E-state index in [-0.39, 0.29) is 17.4 Å². The number of allylic oxidation sites excluding steroid dienone is 2. The van der Waals surface area contributed by atoms with E-state index >= 15 is 0 Å². The lowest BCUT2D eigenvalue weighted by Gasteiger charge is -2.60. The summed E-state index contributed by atoms with van der Waals surface area (Å²) in [5, 5.41) is 20.2. The molecule has 2 N–H and O–H groups in total. The maximum atomic E-state index is 11.7. The van der Waals surface area contributed by atoms with Gasteiger partial charge in [0.2, 0.25) is 0 Å². The fourth-order valence-corrected chi connectivity index (χ4v) is 9.43. The molecular weight excluding hydrogens is 420 g/mol. The molecule has 3 nitrogen and oxygen atoms in total. The highest BCUT2D eigenvalue weighted by molar-refractivity contribution is 5.85. The van der Waals surface area contributed by atoms with Crippen molar-refractivity contribution in [2.75, 3.05) is 0 Å². The van der Waals surface area contributed by atoms with Gasteiger partial charge in [-0.1, -0.05) is 71.6 Å². The molecule has 3 saturated carbocycles. The minimum atomic E-state index is -0.831. The Kier molecular flexibility index (Phi) is 7.45. The molecule has 192 valence electrons. The SMILES string of the molecule is CC(=CC1C[C@H](O)CC2=CC[C@H]3[C@@H]4CC[C@H]([C@H](C)CCCC(C)C)[C@@]4(C)CC[C@@H]3[C@]21C)C(=O)O. The second-order valence-electron chi connectivity index (χ2n) is 13.5. The van der Waals surface area contributed by atoms with E-state index in [2.05, 4.69) is 40.7 Å². The largest absolute Gasteiger partial charge is 0.478 e. The molecule has 4 aliphatic carbocycles. The molecule has 0 aliphatic heterocycles. The molecule has 3 fully saturated rings. The van der Waals surface area contributed by atoms with Crippen molar-refractivity contribution in [3.8, 4) is 0 Å². The van der Waals surface area contributed by atoms with E-state index in [9.17, 15) is 15.0 Å². The first kappa shape index (κ1) is 26.0. The van der Waals surface area contributed by atoms with Crippen LogP contribution in [0.1, 0.15) is 106 Å². The predicted molar refractivity (Wildman–Crippen MR) is 139 cm³/mol. The Bertz CT molecular complexity index is 825. The van der Waals surface area contributed by atoms with Crippen LogP contribution < -0.4 is 0 Å². The van der Waals surface area contributed by atoms with Gasteiger partial charge in [-0.2, -0.15) is 0 Å². The number of carbonyl (C=O) groups is 1. The van der Waals surface area contributed by atoms with Gasteiger partial charge in [0.05, 0.1) is 6.10 Å². The first-order valence-electron chi connectivity index (χ1n) is 14.3. The zero-order chi connectivity index (χ0) is 24.8. The van der Waals surface area contributed by atoms with E-state index in [1.165, 1.54) is 50.5 Å². The van der Waals surface area contributed by atoms with Crippen LogP contribution in [0.25, 0.3) is 0 Å². The molecule has 0 aromatic rings. The van der Waals surface area contributed by atoms with E-state index in [1.54, 1.807) is 6.92 Å². The van der Waals surface area contributed by atoms with Gasteiger partial charge in [-0.25, -0.2) is 4.79 Å². The van der Waals surface area contributed by atoms with Crippen molar-refractivity contribution in [2.24, 2.45) is 52.3 Å². The minimum Gasteiger partial charge on any atom is -0.478 e. The van der Waals surface area contributed by atoms with Crippen molar-refractivity contribution in [3.05, 3.63) is 23.3 Å². The number of hydrogen-bond acceptors (Lipinski definition) is 2. The molecule has 0 heterocycles. The highest BCUT2D eigenvalue weighted by Crippen LogP contribution is 2.68. The fourth-order valence-electron chi connectivity index (χ4n) is 9.43. The number of carboxylic acids is 1. The van der Waals surface area contributed by atoms with Gasteiger partial charge in [-0.3, -0.25) is 0 Å². The number of aliphatic hydroxyl groups is 1. The third-order valence-corrected chi connectivity index (χ3v) is 11.3. The third-order valence-electron chi connectivity index (χ3n) is 11.3. The standard InChI is InChI=1S/C31H50O3/c1-19(2)8-7-9-20(3)26-12-13-27-25-11-10-22-17-24(32)18-23(16-21(4)29(33)34)31(22,6)28(25)14-15-30(26,27)5/h10,16,19-20,23-28,32H,7-9,11-15,17-18H2,1-6H3,(H,33,34)/t20-,23?,24-,25+,26-,27+,28+,30-,31-/m1/s1. The first-order chi connectivity index (χ1) is 16.0. The Morgan fingerprint density at radius 1 is 1.15 bits per heavy atom. The summed E-state index contributed by atoms with van der Waals surface area (Å²) >= 11 is 0. The number of hydrogen-bond donors (Lipinski definition) is 2. The molecule has 0 bridgehead atoms. The van der Waals surface area contributed by atoms with Gasteiger partial charge in [0.25, 0.3) is 0 Å². The summed E-state index contributed by atoms with van der Waals surface area (Å²) in [4.78, 5) is 11.7. The average Bonchev–Trinajstić information content (AvgIpc) is 3.11. The average molecular weight is 471 g/mol. The molecule has 1 unspecified atom stereocenters. The minimum absolute atomic E-state index is 0.0127. The van der Waals surface area contributed by atoms with Gasteiger partial charge in [0.15, 0.2) is 0 Å². The summed E-state index contributed by atoms with van der Waals surface area (Å²) in [7, 11) is 0. The summed E-state index contributed by atoms with van der Waals surface area (Å²) in [6.07, 6.45) is 16.2. The van der Waals surface area contributed by atoms with Crippen LogP contribution in [-0.4, -0.2) is 22.3 Å². The second-order valence-corrected chi connectivity index (χ2v) is 13.5. The molecule has 0 saturated heterocycles. The van der Waals surface area contributed by atoms with Crippen LogP contribution in [0.5, 0.6) is 0 Å². The number of aliphatic carboxylic acids is 1. The van der Waals surface area contributed by atoms with Crippen LogP contribution in [0.2, 0.25) is 0 Å². The highest BCUT2D eigenvalue weighted by Gasteiger charge is 2.60. The maximum Gasteiger partial charge on any atom is 0.330 e. The van der Waals surface area contributed by atoms with Crippen molar-refractivity contribution in [3.63, 3.8) is 0 Å². The lowest BCUT2D eigenvalue weighted by Crippen LogP contribution is -2.53. The summed E-state index contributed by atoms with van der Waals surface area (Å²) in [6, 6.07) is 0. The van der Waals surface area contributed by atoms with Crippen molar-refractivity contribution >= 4 is 5.97 Å². The Morgan fingerprint density at radius 2 is 1.88 bits per heavy atom. The monoisotopic (exact) mass is 470 g/mol. The van der Waals surface area contributed by atoms with Crippen molar-refractivity contribution in [1.82, 2.24) is 0 Å². The Hall–Kier alpha value is -1.09. The van der Waals surface area contributed by atoms with Crippen LogP contribution in [0.4, 0.5) is 0 Å². The van der Waals surface area contributed by atoms with Crippen LogP contribution >= 0.6 is 0 Å². The molecule has 9 atom stereocenters. The number of fused-ring (bicyclic) bond motifs is 5. The van der Waals surface area contributed by atoms with Gasteiger partial charge in [-0.15, -0.1) is 0 Å². The highest BCUT2D eigenvalue weighted by atomic mass is 16.4. The molecule has 0 spiro atoms. The van der Waals surface area contributed by atoms with E-state index in [4.69, 9.17) is 0 Å². The Morgan fingerprint density at radius 3 is 2.56 bits per heavy atom. The van der Waals surface area contributed by atoms with Crippen LogP contribution in [0.3, 0.4) is 0 Å². The van der Waals surface area contributed by atoms with Crippen LogP contribution in [-0.2, 0) is 4.79 Å². The van der Waals surface area contributed by atoms with Crippen molar-refractivity contribution in [1.29, 1.82) is 0 Å². The van der Waals surface area contributed by atoms with Gasteiger partial charge in [0.1, 0.15) is 0 Å². The van der Waals surface area contributed by atoms with Crippen molar-refractivity contribution < 1.29 is 15.0 Å². The van der Waals surface area contributed by atoms with E-state index in [0.717, 1.165) is 36.5 Å². The predicted octanol–water partition coefficient (Wildman–Crippen LogP) is 7.65. The molecule has 3 heteroatoms. The molecule has 0 amide bonds. The quantitative estimate of drug-likeness (QED) is 0.297. The third kappa shape index (κ3) is 4.44. The Labute approximate surface area is 208 Å². The van der Waals surface area contributed by atoms with Crippen molar-refractivity contribution in [2.45, 2.75) is 112 Å². The molecule has 0 aromatic carbocycles. The normalized spacial score (nSPS) is 43.1. The molecule has 4 aliphatic rings. The zero-order valence-electron chi connectivity index (χ0n) is 22.6. The summed E-state index contributed by atoms with van der Waals surface area (Å²) in [6.45, 7) is 14.0. The zero-order valence-corrected chi connectivity index (χ0v) is 22.6. The lowest BCUT2D eigenvalue weighted by molar-refractivity contribution is -0.132. The summed E-state index contributed by atoms with van der Waals surface area (Å²) < 4.78 is 0. The number of rotatable bonds is 7. The second kappa shape index (κ2) is 9.75. The smallest absolute Gasteiger partial charge is 0.330 e. The topological polar surface area (TPSA) is 57.5 Å². The van der Waals surface area contributed by atoms with Gasteiger partial charge >= 0.3 is 5.97 Å². The summed E-state index contributed by atoms with van der Waals surface area (Å²) in [5.74, 6) is 3.85. The van der Waals surface area contributed by atoms with E-state index in [1.807, 2.05) is 6.08 Å². The van der Waals surface area contributed by atoms with Gasteiger partial charge in [-0.05, 0) is 104 Å². The first-order valence-corrected chi connectivity index (χ1v) is 14.3.